The van der Waals surface area contributed by atoms with E-state index in [9.17, 15) is 4.79 Å². The summed E-state index contributed by atoms with van der Waals surface area (Å²) in [5.41, 5.74) is 10.6. The Kier molecular flexibility index (Phi) is 3.18. The van der Waals surface area contributed by atoms with E-state index in [0.29, 0.717) is 23.8 Å². The Balaban J connectivity index is 1.62. The molecule has 0 radical (unpaired) electrons. The third-order valence-electron chi connectivity index (χ3n) is 3.89. The van der Waals surface area contributed by atoms with Gasteiger partial charge < -0.3 is 10.5 Å². The van der Waals surface area contributed by atoms with Crippen LogP contribution in [0.2, 0.25) is 0 Å². The number of hydrogen-bond acceptors (Lipinski definition) is 3. The van der Waals surface area contributed by atoms with Gasteiger partial charge in [-0.25, -0.2) is 4.79 Å². The number of nitrogens with two attached hydrogens (primary N) is 1. The lowest BCUT2D eigenvalue weighted by Crippen LogP contribution is -2.23. The van der Waals surface area contributed by atoms with Crippen LogP contribution in [-0.4, -0.2) is 12.6 Å². The first-order valence-electron chi connectivity index (χ1n) is 6.76. The van der Waals surface area contributed by atoms with E-state index in [1.54, 1.807) is 12.1 Å². The van der Waals surface area contributed by atoms with Gasteiger partial charge in [-0.15, -0.1) is 0 Å². The van der Waals surface area contributed by atoms with Crippen LogP contribution in [0.1, 0.15) is 33.0 Å². The van der Waals surface area contributed by atoms with Crippen LogP contribution < -0.4 is 5.73 Å². The van der Waals surface area contributed by atoms with Gasteiger partial charge in [0.1, 0.15) is 0 Å². The summed E-state index contributed by atoms with van der Waals surface area (Å²) >= 11 is 0. The molecule has 0 heterocycles. The Hall–Kier alpha value is -2.29. The van der Waals surface area contributed by atoms with Gasteiger partial charge in [0, 0.05) is 11.6 Å². The van der Waals surface area contributed by atoms with Crippen LogP contribution in [-0.2, 0) is 11.2 Å². The first-order chi connectivity index (χ1) is 9.65. The van der Waals surface area contributed by atoms with Gasteiger partial charge in [-0.3, -0.25) is 0 Å². The molecule has 1 aliphatic carbocycles. The number of benzene rings is 2. The highest BCUT2D eigenvalue weighted by Gasteiger charge is 2.26. The standard InChI is InChI=1S/C17H17NO2/c1-11-6-7-13(9-16(11)18)17(19)20-10-14-8-12-4-2-3-5-15(12)14/h2-7,9,14H,8,10,18H2,1H3. The number of ether oxygens (including phenoxy) is 1. The monoisotopic (exact) mass is 267 g/mol. The van der Waals surface area contributed by atoms with Gasteiger partial charge in [-0.05, 0) is 42.2 Å². The molecule has 20 heavy (non-hydrogen) atoms. The van der Waals surface area contributed by atoms with Crippen molar-refractivity contribution >= 4 is 11.7 Å². The van der Waals surface area contributed by atoms with Gasteiger partial charge in [0.25, 0.3) is 0 Å². The van der Waals surface area contributed by atoms with E-state index < -0.39 is 0 Å². The van der Waals surface area contributed by atoms with Crippen LogP contribution in [0.4, 0.5) is 5.69 Å². The highest BCUT2D eigenvalue weighted by molar-refractivity contribution is 5.90. The SMILES string of the molecule is Cc1ccc(C(=O)OCC2Cc3ccccc32)cc1N. The maximum absolute atomic E-state index is 12.0. The zero-order valence-electron chi connectivity index (χ0n) is 11.4. The molecule has 1 atom stereocenters. The van der Waals surface area contributed by atoms with Crippen molar-refractivity contribution in [1.82, 2.24) is 0 Å². The number of fused-ring (bicyclic) bond motifs is 1. The van der Waals surface area contributed by atoms with Gasteiger partial charge in [0.15, 0.2) is 0 Å². The van der Waals surface area contributed by atoms with Crippen LogP contribution in [0.15, 0.2) is 42.5 Å². The predicted molar refractivity (Wildman–Crippen MR) is 78.8 cm³/mol. The topological polar surface area (TPSA) is 52.3 Å². The lowest BCUT2D eigenvalue weighted by atomic mass is 9.78. The maximum Gasteiger partial charge on any atom is 0.338 e. The zero-order chi connectivity index (χ0) is 14.1. The Morgan fingerprint density at radius 1 is 1.30 bits per heavy atom. The minimum absolute atomic E-state index is 0.305. The molecule has 1 aliphatic rings. The predicted octanol–water partition coefficient (Wildman–Crippen LogP) is 3.07. The quantitative estimate of drug-likeness (QED) is 0.687. The number of carbonyl (C=O) groups is 1. The minimum Gasteiger partial charge on any atom is -0.461 e. The van der Waals surface area contributed by atoms with Crippen LogP contribution in [0.25, 0.3) is 0 Å². The Morgan fingerprint density at radius 2 is 2.10 bits per heavy atom. The summed E-state index contributed by atoms with van der Waals surface area (Å²) < 4.78 is 5.39. The molecular formula is C17H17NO2. The molecule has 3 rings (SSSR count). The molecular weight excluding hydrogens is 250 g/mol. The maximum atomic E-state index is 12.0. The number of anilines is 1. The van der Waals surface area contributed by atoms with Crippen LogP contribution in [0, 0.1) is 6.92 Å². The first kappa shape index (κ1) is 12.7. The second-order valence-electron chi connectivity index (χ2n) is 5.27. The number of carbonyl (C=O) groups excluding carboxylic acids is 1. The summed E-state index contributed by atoms with van der Waals surface area (Å²) in [6.45, 7) is 2.35. The highest BCUT2D eigenvalue weighted by atomic mass is 16.5. The minimum atomic E-state index is -0.305. The molecule has 102 valence electrons. The Labute approximate surface area is 118 Å². The number of aryl methyl sites for hydroxylation is 1. The van der Waals surface area contributed by atoms with Crippen molar-refractivity contribution in [3.05, 3.63) is 64.7 Å². The highest BCUT2D eigenvalue weighted by Crippen LogP contribution is 2.34. The lowest BCUT2D eigenvalue weighted by Gasteiger charge is -2.29. The van der Waals surface area contributed by atoms with Crippen molar-refractivity contribution in [2.75, 3.05) is 12.3 Å². The molecule has 3 nitrogen and oxygen atoms in total. The van der Waals surface area contributed by atoms with E-state index in [1.807, 2.05) is 25.1 Å². The fraction of sp³-hybridized carbons (Fsp3) is 0.235. The van der Waals surface area contributed by atoms with Gasteiger partial charge in [0.05, 0.1) is 12.2 Å². The molecule has 0 saturated carbocycles. The average molecular weight is 267 g/mol. The van der Waals surface area contributed by atoms with E-state index in [0.717, 1.165) is 12.0 Å². The molecule has 0 aliphatic heterocycles. The second-order valence-corrected chi connectivity index (χ2v) is 5.27. The molecule has 0 amide bonds. The molecule has 2 aromatic rings. The van der Waals surface area contributed by atoms with Crippen molar-refractivity contribution in [1.29, 1.82) is 0 Å². The number of nitrogen functional groups attached to an aromatic ring is 1. The van der Waals surface area contributed by atoms with Gasteiger partial charge >= 0.3 is 5.97 Å². The molecule has 0 bridgehead atoms. The Bertz CT molecular complexity index is 664. The Morgan fingerprint density at radius 3 is 2.85 bits per heavy atom. The third-order valence-corrected chi connectivity index (χ3v) is 3.89. The average Bonchev–Trinajstić information content (AvgIpc) is 2.42. The summed E-state index contributed by atoms with van der Waals surface area (Å²) in [6, 6.07) is 13.5. The smallest absolute Gasteiger partial charge is 0.338 e. The molecule has 0 saturated heterocycles. The van der Waals surface area contributed by atoms with Crippen LogP contribution in [0.3, 0.4) is 0 Å². The first-order valence-corrected chi connectivity index (χ1v) is 6.76. The fourth-order valence-electron chi connectivity index (χ4n) is 2.54. The van der Waals surface area contributed by atoms with Crippen LogP contribution in [0.5, 0.6) is 0 Å². The van der Waals surface area contributed by atoms with E-state index in [2.05, 4.69) is 12.1 Å². The van der Waals surface area contributed by atoms with Crippen molar-refractivity contribution in [2.45, 2.75) is 19.3 Å². The van der Waals surface area contributed by atoms with Crippen LogP contribution >= 0.6 is 0 Å². The molecule has 1 unspecified atom stereocenters. The van der Waals surface area contributed by atoms with Gasteiger partial charge in [-0.1, -0.05) is 30.3 Å². The number of hydrogen-bond donors (Lipinski definition) is 1. The number of esters is 1. The fourth-order valence-corrected chi connectivity index (χ4v) is 2.54. The van der Waals surface area contributed by atoms with E-state index in [4.69, 9.17) is 10.5 Å². The summed E-state index contributed by atoms with van der Waals surface area (Å²) in [5.74, 6) is 0.0269. The van der Waals surface area contributed by atoms with E-state index in [1.165, 1.54) is 11.1 Å². The third kappa shape index (κ3) is 2.27. The molecule has 0 aromatic heterocycles. The van der Waals surface area contributed by atoms with Gasteiger partial charge in [0.2, 0.25) is 0 Å². The molecule has 0 spiro atoms. The number of rotatable bonds is 3. The zero-order valence-corrected chi connectivity index (χ0v) is 11.4. The summed E-state index contributed by atoms with van der Waals surface area (Å²) in [6.07, 6.45) is 0.986. The van der Waals surface area contributed by atoms with E-state index >= 15 is 0 Å². The molecule has 3 heteroatoms. The van der Waals surface area contributed by atoms with Crippen molar-refractivity contribution < 1.29 is 9.53 Å². The van der Waals surface area contributed by atoms with E-state index in [-0.39, 0.29) is 5.97 Å². The normalized spacial score (nSPS) is 16.1. The van der Waals surface area contributed by atoms with Crippen molar-refractivity contribution in [3.8, 4) is 0 Å². The lowest BCUT2D eigenvalue weighted by molar-refractivity contribution is 0.0469. The van der Waals surface area contributed by atoms with Gasteiger partial charge in [-0.2, -0.15) is 0 Å². The molecule has 2 aromatic carbocycles. The summed E-state index contributed by atoms with van der Waals surface area (Å²) in [4.78, 5) is 12.0. The van der Waals surface area contributed by atoms with Crippen molar-refractivity contribution in [2.24, 2.45) is 0 Å². The summed E-state index contributed by atoms with van der Waals surface area (Å²) in [5, 5.41) is 0. The molecule has 2 N–H and O–H groups in total. The van der Waals surface area contributed by atoms with Crippen molar-refractivity contribution in [3.63, 3.8) is 0 Å². The summed E-state index contributed by atoms with van der Waals surface area (Å²) in [7, 11) is 0. The largest absolute Gasteiger partial charge is 0.461 e. The molecule has 0 fully saturated rings. The second kappa shape index (κ2) is 5.00.